The van der Waals surface area contributed by atoms with Crippen LogP contribution in [0, 0.1) is 0 Å². The zero-order valence-electron chi connectivity index (χ0n) is 10.4. The van der Waals surface area contributed by atoms with Crippen LogP contribution in [0.5, 0.6) is 11.6 Å². The molecule has 2 heterocycles. The van der Waals surface area contributed by atoms with Gasteiger partial charge in [-0.15, -0.1) is 0 Å². The Hall–Kier alpha value is -2.40. The van der Waals surface area contributed by atoms with Crippen molar-refractivity contribution in [3.63, 3.8) is 0 Å². The molecule has 0 amide bonds. The van der Waals surface area contributed by atoms with Gasteiger partial charge in [-0.1, -0.05) is 0 Å². The number of nitrogens with zero attached hydrogens (tertiary/aromatic N) is 3. The van der Waals surface area contributed by atoms with E-state index in [4.69, 9.17) is 9.84 Å². The molecule has 19 heavy (non-hydrogen) atoms. The number of ether oxygens (including phenoxy) is 1. The molecule has 0 spiro atoms. The molecule has 1 N–H and O–H groups in total. The maximum atomic E-state index is 9.02. The second-order valence-electron chi connectivity index (χ2n) is 4.26. The van der Waals surface area contributed by atoms with E-state index in [1.54, 1.807) is 6.07 Å². The lowest BCUT2D eigenvalue weighted by atomic mass is 10.2. The first-order valence-corrected chi connectivity index (χ1v) is 5.91. The van der Waals surface area contributed by atoms with Crippen LogP contribution in [-0.4, -0.2) is 19.6 Å². The summed E-state index contributed by atoms with van der Waals surface area (Å²) in [7, 11) is 2.00. The number of rotatable bonds is 3. The molecule has 0 atom stereocenters. The predicted molar refractivity (Wildman–Crippen MR) is 70.9 cm³/mol. The lowest BCUT2D eigenvalue weighted by Gasteiger charge is -2.05. The minimum absolute atomic E-state index is 0.128. The molecule has 0 saturated carbocycles. The van der Waals surface area contributed by atoms with Crippen LogP contribution < -0.4 is 4.74 Å². The number of hydrogen-bond acceptors (Lipinski definition) is 4. The number of aliphatic hydroxyl groups excluding tert-OH is 1. The summed E-state index contributed by atoms with van der Waals surface area (Å²) in [4.78, 5) is 7.93. The third kappa shape index (κ3) is 2.28. The summed E-state index contributed by atoms with van der Waals surface area (Å²) < 4.78 is 7.72. The maximum absolute atomic E-state index is 9.02. The van der Waals surface area contributed by atoms with E-state index in [1.807, 2.05) is 42.1 Å². The molecular weight excluding hydrogens is 242 g/mol. The highest BCUT2D eigenvalue weighted by molar-refractivity contribution is 5.81. The number of aliphatic hydroxyl groups is 1. The minimum atomic E-state index is -0.128. The third-order valence-corrected chi connectivity index (χ3v) is 2.94. The Kier molecular flexibility index (Phi) is 2.89. The molecule has 5 nitrogen and oxygen atoms in total. The van der Waals surface area contributed by atoms with E-state index in [9.17, 15) is 0 Å². The highest BCUT2D eigenvalue weighted by Crippen LogP contribution is 2.25. The van der Waals surface area contributed by atoms with Gasteiger partial charge in [-0.25, -0.2) is 9.97 Å². The Balaban J connectivity index is 1.91. The number of aryl methyl sites for hydroxylation is 1. The van der Waals surface area contributed by atoms with Gasteiger partial charge in [0.15, 0.2) is 0 Å². The Morgan fingerprint density at radius 1 is 1.21 bits per heavy atom. The lowest BCUT2D eigenvalue weighted by molar-refractivity contribution is 0.275. The highest BCUT2D eigenvalue weighted by atomic mass is 16.5. The predicted octanol–water partition coefficient (Wildman–Crippen LogP) is 2.25. The number of hydrogen-bond donors (Lipinski definition) is 1. The van der Waals surface area contributed by atoms with Crippen LogP contribution in [0.15, 0.2) is 42.9 Å². The van der Waals surface area contributed by atoms with E-state index in [1.165, 1.54) is 6.33 Å². The molecule has 0 radical (unpaired) electrons. The summed E-state index contributed by atoms with van der Waals surface area (Å²) in [6.07, 6.45) is 3.38. The van der Waals surface area contributed by atoms with Crippen molar-refractivity contribution in [3.05, 3.63) is 48.5 Å². The van der Waals surface area contributed by atoms with Crippen LogP contribution in [0.25, 0.3) is 10.9 Å². The molecule has 3 aromatic rings. The van der Waals surface area contributed by atoms with Gasteiger partial charge in [-0.3, -0.25) is 0 Å². The Bertz CT molecular complexity index is 722. The van der Waals surface area contributed by atoms with Crippen molar-refractivity contribution in [2.75, 3.05) is 0 Å². The fourth-order valence-corrected chi connectivity index (χ4v) is 1.96. The van der Waals surface area contributed by atoms with E-state index >= 15 is 0 Å². The topological polar surface area (TPSA) is 60.2 Å². The van der Waals surface area contributed by atoms with Crippen molar-refractivity contribution in [1.29, 1.82) is 0 Å². The van der Waals surface area contributed by atoms with Crippen molar-refractivity contribution in [2.24, 2.45) is 7.05 Å². The summed E-state index contributed by atoms with van der Waals surface area (Å²) in [5.74, 6) is 1.13. The van der Waals surface area contributed by atoms with Crippen LogP contribution in [0.3, 0.4) is 0 Å². The molecule has 0 aliphatic heterocycles. The van der Waals surface area contributed by atoms with Crippen molar-refractivity contribution >= 4 is 10.9 Å². The monoisotopic (exact) mass is 255 g/mol. The van der Waals surface area contributed by atoms with Gasteiger partial charge in [0.2, 0.25) is 5.88 Å². The van der Waals surface area contributed by atoms with Crippen LogP contribution in [0.4, 0.5) is 0 Å². The van der Waals surface area contributed by atoms with Gasteiger partial charge in [-0.05, 0) is 24.3 Å². The average molecular weight is 255 g/mol. The summed E-state index contributed by atoms with van der Waals surface area (Å²) in [6.45, 7) is -0.128. The molecule has 5 heteroatoms. The van der Waals surface area contributed by atoms with E-state index in [2.05, 4.69) is 9.97 Å². The van der Waals surface area contributed by atoms with Gasteiger partial charge >= 0.3 is 0 Å². The third-order valence-electron chi connectivity index (χ3n) is 2.94. The molecule has 1 aromatic carbocycles. The van der Waals surface area contributed by atoms with Crippen LogP contribution in [0.1, 0.15) is 5.69 Å². The number of benzene rings is 1. The minimum Gasteiger partial charge on any atom is -0.439 e. The Morgan fingerprint density at radius 2 is 2.11 bits per heavy atom. The largest absolute Gasteiger partial charge is 0.439 e. The molecule has 96 valence electrons. The van der Waals surface area contributed by atoms with E-state index in [0.717, 1.165) is 10.9 Å². The zero-order valence-corrected chi connectivity index (χ0v) is 10.4. The fourth-order valence-electron chi connectivity index (χ4n) is 1.96. The summed E-state index contributed by atoms with van der Waals surface area (Å²) in [6, 6.07) is 9.49. The fraction of sp³-hybridized carbons (Fsp3) is 0.143. The summed E-state index contributed by atoms with van der Waals surface area (Å²) in [5, 5.41) is 10.1. The molecule has 2 aromatic heterocycles. The first kappa shape index (κ1) is 11.7. The highest BCUT2D eigenvalue weighted by Gasteiger charge is 2.04. The second-order valence-corrected chi connectivity index (χ2v) is 4.26. The van der Waals surface area contributed by atoms with Gasteiger partial charge in [0, 0.05) is 30.2 Å². The standard InChI is InChI=1S/C14H13N3O2/c1-17-5-4-10-6-12(2-3-13(10)17)19-14-7-11(8-18)15-9-16-14/h2-7,9,18H,8H2,1H3. The molecule has 3 rings (SSSR count). The van der Waals surface area contributed by atoms with Gasteiger partial charge in [0.25, 0.3) is 0 Å². The first-order chi connectivity index (χ1) is 9.26. The summed E-state index contributed by atoms with van der Waals surface area (Å²) >= 11 is 0. The van der Waals surface area contributed by atoms with Crippen LogP contribution in [0.2, 0.25) is 0 Å². The van der Waals surface area contributed by atoms with E-state index in [-0.39, 0.29) is 6.61 Å². The molecular formula is C14H13N3O2. The Morgan fingerprint density at radius 3 is 2.95 bits per heavy atom. The molecule has 0 aliphatic carbocycles. The van der Waals surface area contributed by atoms with Gasteiger partial charge in [-0.2, -0.15) is 0 Å². The summed E-state index contributed by atoms with van der Waals surface area (Å²) in [5.41, 5.74) is 1.68. The zero-order chi connectivity index (χ0) is 13.2. The normalized spacial score (nSPS) is 10.8. The van der Waals surface area contributed by atoms with Gasteiger partial charge in [0.05, 0.1) is 12.3 Å². The van der Waals surface area contributed by atoms with Crippen molar-refractivity contribution in [2.45, 2.75) is 6.61 Å². The van der Waals surface area contributed by atoms with Crippen molar-refractivity contribution < 1.29 is 9.84 Å². The lowest BCUT2D eigenvalue weighted by Crippen LogP contribution is -1.93. The SMILES string of the molecule is Cn1ccc2cc(Oc3cc(CO)ncn3)ccc21. The smallest absolute Gasteiger partial charge is 0.222 e. The van der Waals surface area contributed by atoms with Gasteiger partial charge < -0.3 is 14.4 Å². The Labute approximate surface area is 110 Å². The number of aromatic nitrogens is 3. The average Bonchev–Trinajstić information content (AvgIpc) is 2.80. The van der Waals surface area contributed by atoms with Crippen molar-refractivity contribution in [3.8, 4) is 11.6 Å². The van der Waals surface area contributed by atoms with E-state index < -0.39 is 0 Å². The maximum Gasteiger partial charge on any atom is 0.222 e. The first-order valence-electron chi connectivity index (χ1n) is 5.91. The molecule has 0 saturated heterocycles. The van der Waals surface area contributed by atoms with Crippen LogP contribution >= 0.6 is 0 Å². The molecule has 0 fully saturated rings. The van der Waals surface area contributed by atoms with Crippen molar-refractivity contribution in [1.82, 2.24) is 14.5 Å². The number of fused-ring (bicyclic) bond motifs is 1. The van der Waals surface area contributed by atoms with E-state index in [0.29, 0.717) is 17.3 Å². The quantitative estimate of drug-likeness (QED) is 0.779. The molecule has 0 unspecified atom stereocenters. The van der Waals surface area contributed by atoms with Gasteiger partial charge in [0.1, 0.15) is 12.1 Å². The molecule has 0 bridgehead atoms. The molecule has 0 aliphatic rings. The second kappa shape index (κ2) is 4.70. The van der Waals surface area contributed by atoms with Crippen LogP contribution in [-0.2, 0) is 13.7 Å².